The lowest BCUT2D eigenvalue weighted by molar-refractivity contribution is 0.0839. The first-order chi connectivity index (χ1) is 12.7. The summed E-state index contributed by atoms with van der Waals surface area (Å²) in [5.41, 5.74) is 0.667. The number of unbranched alkanes of at least 4 members (excludes halogenated alkanes) is 9. The van der Waals surface area contributed by atoms with E-state index in [2.05, 4.69) is 34.6 Å². The van der Waals surface area contributed by atoms with Crippen molar-refractivity contribution in [1.82, 2.24) is 0 Å². The highest BCUT2D eigenvalue weighted by molar-refractivity contribution is 4.87. The maximum atomic E-state index is 2.39. The van der Waals surface area contributed by atoms with Gasteiger partial charge in [-0.2, -0.15) is 0 Å². The number of hydrogen-bond acceptors (Lipinski definition) is 0. The third-order valence-corrected chi connectivity index (χ3v) is 6.76. The van der Waals surface area contributed by atoms with Crippen LogP contribution in [0, 0.1) is 11.3 Å². The Morgan fingerprint density at radius 2 is 0.808 bits per heavy atom. The van der Waals surface area contributed by atoms with Crippen molar-refractivity contribution >= 4 is 0 Å². The molecule has 158 valence electrons. The molecule has 1 unspecified atom stereocenters. The van der Waals surface area contributed by atoms with Crippen molar-refractivity contribution in [2.45, 2.75) is 157 Å². The normalized spacial score (nSPS) is 13.3. The van der Waals surface area contributed by atoms with Crippen LogP contribution in [0.3, 0.4) is 0 Å². The Bertz CT molecular complexity index is 245. The molecule has 0 aliphatic carbocycles. The molecule has 0 heteroatoms. The molecular formula is C26H54. The monoisotopic (exact) mass is 366 g/mol. The summed E-state index contributed by atoms with van der Waals surface area (Å²) in [4.78, 5) is 0. The Morgan fingerprint density at radius 1 is 0.423 bits per heavy atom. The molecule has 0 aromatic rings. The average molecular weight is 367 g/mol. The van der Waals surface area contributed by atoms with E-state index in [4.69, 9.17) is 0 Å². The molecule has 0 aromatic heterocycles. The average Bonchev–Trinajstić information content (AvgIpc) is 2.67. The number of rotatable bonds is 20. The van der Waals surface area contributed by atoms with Gasteiger partial charge in [-0.15, -0.1) is 0 Å². The summed E-state index contributed by atoms with van der Waals surface area (Å²) >= 11 is 0. The van der Waals surface area contributed by atoms with Gasteiger partial charge >= 0.3 is 0 Å². The van der Waals surface area contributed by atoms with Gasteiger partial charge in [-0.3, -0.25) is 0 Å². The van der Waals surface area contributed by atoms with Crippen molar-refractivity contribution in [1.29, 1.82) is 0 Å². The van der Waals surface area contributed by atoms with Gasteiger partial charge in [-0.25, -0.2) is 0 Å². The molecule has 0 saturated carbocycles. The van der Waals surface area contributed by atoms with Crippen LogP contribution >= 0.6 is 0 Å². The van der Waals surface area contributed by atoms with Crippen LogP contribution in [0.4, 0.5) is 0 Å². The molecule has 0 spiro atoms. The molecule has 26 heavy (non-hydrogen) atoms. The van der Waals surface area contributed by atoms with Crippen molar-refractivity contribution in [3.8, 4) is 0 Å². The van der Waals surface area contributed by atoms with Crippen molar-refractivity contribution in [2.75, 3.05) is 0 Å². The van der Waals surface area contributed by atoms with Crippen LogP contribution in [-0.2, 0) is 0 Å². The molecule has 0 aromatic carbocycles. The summed E-state index contributed by atoms with van der Waals surface area (Å²) in [6, 6.07) is 0. The maximum Gasteiger partial charge on any atom is -0.0269 e. The van der Waals surface area contributed by atoms with E-state index in [1.165, 1.54) is 122 Å². The minimum atomic E-state index is 0.667. The van der Waals surface area contributed by atoms with E-state index in [9.17, 15) is 0 Å². The van der Waals surface area contributed by atoms with Gasteiger partial charge in [0.2, 0.25) is 0 Å². The number of hydrogen-bond donors (Lipinski definition) is 0. The van der Waals surface area contributed by atoms with Gasteiger partial charge in [0.25, 0.3) is 0 Å². The Kier molecular flexibility index (Phi) is 18.4. The van der Waals surface area contributed by atoms with E-state index in [-0.39, 0.29) is 0 Å². The van der Waals surface area contributed by atoms with Gasteiger partial charge in [0.1, 0.15) is 0 Å². The minimum absolute atomic E-state index is 0.667. The minimum Gasteiger partial charge on any atom is -0.0654 e. The topological polar surface area (TPSA) is 0 Å². The van der Waals surface area contributed by atoms with E-state index in [0.717, 1.165) is 5.92 Å². The van der Waals surface area contributed by atoms with Gasteiger partial charge < -0.3 is 0 Å². The van der Waals surface area contributed by atoms with Gasteiger partial charge in [0, 0.05) is 0 Å². The van der Waals surface area contributed by atoms with E-state index in [0.29, 0.717) is 5.41 Å². The van der Waals surface area contributed by atoms with E-state index in [1.807, 2.05) is 0 Å². The molecular weight excluding hydrogens is 312 g/mol. The van der Waals surface area contributed by atoms with Crippen LogP contribution < -0.4 is 0 Å². The quantitative estimate of drug-likeness (QED) is 0.188. The van der Waals surface area contributed by atoms with Gasteiger partial charge in [0.15, 0.2) is 0 Å². The van der Waals surface area contributed by atoms with Crippen LogP contribution in [0.25, 0.3) is 0 Å². The summed E-state index contributed by atoms with van der Waals surface area (Å²) in [6.07, 6.45) is 27.5. The summed E-state index contributed by atoms with van der Waals surface area (Å²) < 4.78 is 0. The molecule has 0 heterocycles. The van der Waals surface area contributed by atoms with Crippen LogP contribution in [0.1, 0.15) is 157 Å². The Hall–Kier alpha value is 0. The SMILES string of the molecule is CCCCCCCCC(CCCC)C(CCCC)(CCCC)CCCC. The van der Waals surface area contributed by atoms with E-state index < -0.39 is 0 Å². The first-order valence-corrected chi connectivity index (χ1v) is 12.7. The lowest BCUT2D eigenvalue weighted by atomic mass is 9.63. The molecule has 0 aliphatic heterocycles. The second kappa shape index (κ2) is 18.4. The fourth-order valence-corrected chi connectivity index (χ4v) is 4.95. The van der Waals surface area contributed by atoms with E-state index >= 15 is 0 Å². The molecule has 0 radical (unpaired) electrons. The second-order valence-electron chi connectivity index (χ2n) is 9.07. The van der Waals surface area contributed by atoms with Crippen LogP contribution in [0.5, 0.6) is 0 Å². The molecule has 0 N–H and O–H groups in total. The van der Waals surface area contributed by atoms with Crippen molar-refractivity contribution in [3.63, 3.8) is 0 Å². The third kappa shape index (κ3) is 11.7. The van der Waals surface area contributed by atoms with Gasteiger partial charge in [-0.1, -0.05) is 125 Å². The summed E-state index contributed by atoms with van der Waals surface area (Å²) in [5.74, 6) is 0.998. The first kappa shape index (κ1) is 26.0. The molecule has 0 saturated heterocycles. The van der Waals surface area contributed by atoms with Crippen molar-refractivity contribution in [2.24, 2.45) is 11.3 Å². The van der Waals surface area contributed by atoms with Crippen LogP contribution in [0.2, 0.25) is 0 Å². The highest BCUT2D eigenvalue weighted by Gasteiger charge is 2.36. The molecule has 0 rings (SSSR count). The highest BCUT2D eigenvalue weighted by Crippen LogP contribution is 2.47. The molecule has 0 aliphatic rings. The lowest BCUT2D eigenvalue weighted by Gasteiger charge is -2.42. The Balaban J connectivity index is 4.98. The first-order valence-electron chi connectivity index (χ1n) is 12.7. The fourth-order valence-electron chi connectivity index (χ4n) is 4.95. The summed E-state index contributed by atoms with van der Waals surface area (Å²) in [7, 11) is 0. The van der Waals surface area contributed by atoms with E-state index in [1.54, 1.807) is 0 Å². The highest BCUT2D eigenvalue weighted by atomic mass is 14.4. The fraction of sp³-hybridized carbons (Fsp3) is 1.00. The second-order valence-corrected chi connectivity index (χ2v) is 9.07. The predicted molar refractivity (Wildman–Crippen MR) is 122 cm³/mol. The molecule has 0 fully saturated rings. The zero-order valence-electron chi connectivity index (χ0n) is 19.5. The Morgan fingerprint density at radius 3 is 1.27 bits per heavy atom. The maximum absolute atomic E-state index is 2.39. The Labute approximate surface area is 168 Å². The van der Waals surface area contributed by atoms with Gasteiger partial charge in [-0.05, 0) is 43.4 Å². The molecule has 0 nitrogen and oxygen atoms in total. The molecule has 0 bridgehead atoms. The standard InChI is InChI=1S/C26H54/c1-6-11-16-17-18-19-21-25(20-12-7-2)26(22-13-8-3,23-14-9-4)24-15-10-5/h25H,6-24H2,1-5H3. The summed E-state index contributed by atoms with van der Waals surface area (Å²) in [6.45, 7) is 11.9. The third-order valence-electron chi connectivity index (χ3n) is 6.76. The smallest absolute Gasteiger partial charge is 0.0269 e. The molecule has 1 atom stereocenters. The largest absolute Gasteiger partial charge is 0.0654 e. The zero-order valence-corrected chi connectivity index (χ0v) is 19.5. The van der Waals surface area contributed by atoms with Crippen LogP contribution in [-0.4, -0.2) is 0 Å². The molecule has 0 amide bonds. The van der Waals surface area contributed by atoms with Crippen molar-refractivity contribution in [3.05, 3.63) is 0 Å². The predicted octanol–water partition coefficient (Wildman–Crippen LogP) is 10.1. The summed E-state index contributed by atoms with van der Waals surface area (Å²) in [5, 5.41) is 0. The zero-order chi connectivity index (χ0) is 19.5. The lowest BCUT2D eigenvalue weighted by Crippen LogP contribution is -2.31. The van der Waals surface area contributed by atoms with Gasteiger partial charge in [0.05, 0.1) is 0 Å². The van der Waals surface area contributed by atoms with Crippen molar-refractivity contribution < 1.29 is 0 Å². The van der Waals surface area contributed by atoms with Crippen LogP contribution in [0.15, 0.2) is 0 Å².